The van der Waals surface area contributed by atoms with E-state index >= 15 is 0 Å². The molecule has 2 heteroatoms. The van der Waals surface area contributed by atoms with E-state index in [1.54, 1.807) is 0 Å². The standard InChI is InChI=1S/C14H29NO/c1-5-11-8-7-9-12(10-11)14(15-3)13(6-2)16-4/h11-15H,5-10H2,1-4H3. The Labute approximate surface area is 101 Å². The maximum Gasteiger partial charge on any atom is 0.0724 e. The van der Waals surface area contributed by atoms with Crippen molar-refractivity contribution in [1.29, 1.82) is 0 Å². The second-order valence-corrected chi connectivity index (χ2v) is 5.20. The van der Waals surface area contributed by atoms with E-state index in [-0.39, 0.29) is 0 Å². The van der Waals surface area contributed by atoms with Gasteiger partial charge in [-0.25, -0.2) is 0 Å². The summed E-state index contributed by atoms with van der Waals surface area (Å²) in [6.07, 6.45) is 8.44. The fraction of sp³-hybridized carbons (Fsp3) is 1.00. The zero-order chi connectivity index (χ0) is 12.0. The SMILES string of the molecule is CCC1CCCC(C(NC)C(CC)OC)C1. The second-order valence-electron chi connectivity index (χ2n) is 5.20. The average Bonchev–Trinajstić information content (AvgIpc) is 2.35. The Hall–Kier alpha value is -0.0800. The maximum absolute atomic E-state index is 5.61. The highest BCUT2D eigenvalue weighted by Crippen LogP contribution is 2.34. The van der Waals surface area contributed by atoms with Gasteiger partial charge in [-0.2, -0.15) is 0 Å². The van der Waals surface area contributed by atoms with Gasteiger partial charge in [-0.05, 0) is 38.1 Å². The molecule has 0 aliphatic heterocycles. The first-order valence-electron chi connectivity index (χ1n) is 6.96. The molecule has 0 aromatic carbocycles. The highest BCUT2D eigenvalue weighted by molar-refractivity contribution is 4.86. The Bertz CT molecular complexity index is 180. The summed E-state index contributed by atoms with van der Waals surface area (Å²) in [5.74, 6) is 1.76. The van der Waals surface area contributed by atoms with Crippen LogP contribution in [0, 0.1) is 11.8 Å². The third kappa shape index (κ3) is 3.46. The summed E-state index contributed by atoms with van der Waals surface area (Å²) in [4.78, 5) is 0. The molecule has 1 aliphatic rings. The lowest BCUT2D eigenvalue weighted by atomic mass is 9.75. The molecule has 1 aliphatic carbocycles. The Balaban J connectivity index is 2.57. The lowest BCUT2D eigenvalue weighted by Gasteiger charge is -2.37. The monoisotopic (exact) mass is 227 g/mol. The number of rotatable bonds is 6. The number of methoxy groups -OCH3 is 1. The molecule has 0 aromatic heterocycles. The lowest BCUT2D eigenvalue weighted by Crippen LogP contribution is -2.45. The van der Waals surface area contributed by atoms with E-state index in [0.29, 0.717) is 12.1 Å². The molecule has 1 saturated carbocycles. The molecule has 2 nitrogen and oxygen atoms in total. The zero-order valence-corrected chi connectivity index (χ0v) is 11.5. The molecule has 4 unspecified atom stereocenters. The highest BCUT2D eigenvalue weighted by atomic mass is 16.5. The molecule has 96 valence electrons. The third-order valence-electron chi connectivity index (χ3n) is 4.35. The minimum Gasteiger partial charge on any atom is -0.380 e. The number of likely N-dealkylation sites (N-methyl/N-ethyl adjacent to an activating group) is 1. The predicted octanol–water partition coefficient (Wildman–Crippen LogP) is 3.22. The van der Waals surface area contributed by atoms with Gasteiger partial charge in [0.1, 0.15) is 0 Å². The molecular weight excluding hydrogens is 198 g/mol. The van der Waals surface area contributed by atoms with Crippen LogP contribution in [0.2, 0.25) is 0 Å². The summed E-state index contributed by atoms with van der Waals surface area (Å²) in [5, 5.41) is 3.49. The summed E-state index contributed by atoms with van der Waals surface area (Å²) in [6, 6.07) is 0.546. The van der Waals surface area contributed by atoms with Crippen LogP contribution in [0.15, 0.2) is 0 Å². The number of ether oxygens (including phenoxy) is 1. The molecule has 1 rings (SSSR count). The van der Waals surface area contributed by atoms with Crippen molar-refractivity contribution in [3.8, 4) is 0 Å². The van der Waals surface area contributed by atoms with Crippen LogP contribution in [-0.4, -0.2) is 26.3 Å². The summed E-state index contributed by atoms with van der Waals surface area (Å²) in [5.41, 5.74) is 0. The van der Waals surface area contributed by atoms with Crippen molar-refractivity contribution in [3.63, 3.8) is 0 Å². The Morgan fingerprint density at radius 2 is 2.06 bits per heavy atom. The number of hydrogen-bond acceptors (Lipinski definition) is 2. The van der Waals surface area contributed by atoms with Gasteiger partial charge in [0.25, 0.3) is 0 Å². The van der Waals surface area contributed by atoms with Crippen LogP contribution in [0.3, 0.4) is 0 Å². The predicted molar refractivity (Wildman–Crippen MR) is 69.7 cm³/mol. The van der Waals surface area contributed by atoms with Gasteiger partial charge in [0.15, 0.2) is 0 Å². The van der Waals surface area contributed by atoms with E-state index in [9.17, 15) is 0 Å². The third-order valence-corrected chi connectivity index (χ3v) is 4.35. The van der Waals surface area contributed by atoms with E-state index in [1.165, 1.54) is 32.1 Å². The van der Waals surface area contributed by atoms with E-state index in [0.717, 1.165) is 18.3 Å². The minimum absolute atomic E-state index is 0.380. The minimum atomic E-state index is 0.380. The average molecular weight is 227 g/mol. The van der Waals surface area contributed by atoms with E-state index in [2.05, 4.69) is 26.2 Å². The van der Waals surface area contributed by atoms with Crippen LogP contribution in [0.25, 0.3) is 0 Å². The normalized spacial score (nSPS) is 30.0. The van der Waals surface area contributed by atoms with Crippen LogP contribution in [0.1, 0.15) is 52.4 Å². The first-order chi connectivity index (χ1) is 7.76. The quantitative estimate of drug-likeness (QED) is 0.752. The molecule has 0 bridgehead atoms. The number of hydrogen-bond donors (Lipinski definition) is 1. The molecule has 0 aromatic rings. The fourth-order valence-electron chi connectivity index (χ4n) is 3.32. The largest absolute Gasteiger partial charge is 0.380 e. The van der Waals surface area contributed by atoms with Gasteiger partial charge >= 0.3 is 0 Å². The molecule has 0 amide bonds. The fourth-order valence-corrected chi connectivity index (χ4v) is 3.32. The van der Waals surface area contributed by atoms with Crippen LogP contribution in [0.4, 0.5) is 0 Å². The van der Waals surface area contributed by atoms with Crippen molar-refractivity contribution in [2.45, 2.75) is 64.5 Å². The molecular formula is C14H29NO. The Kier molecular flexibility index (Phi) is 6.37. The van der Waals surface area contributed by atoms with E-state index < -0.39 is 0 Å². The maximum atomic E-state index is 5.61. The van der Waals surface area contributed by atoms with Crippen molar-refractivity contribution in [1.82, 2.24) is 5.32 Å². The van der Waals surface area contributed by atoms with Gasteiger partial charge in [0.2, 0.25) is 0 Å². The van der Waals surface area contributed by atoms with E-state index in [1.807, 2.05) is 7.11 Å². The molecule has 4 atom stereocenters. The number of nitrogens with one attached hydrogen (secondary N) is 1. The van der Waals surface area contributed by atoms with Gasteiger partial charge in [0, 0.05) is 13.2 Å². The molecule has 1 fully saturated rings. The van der Waals surface area contributed by atoms with Crippen LogP contribution >= 0.6 is 0 Å². The van der Waals surface area contributed by atoms with E-state index in [4.69, 9.17) is 4.74 Å². The van der Waals surface area contributed by atoms with Gasteiger partial charge < -0.3 is 10.1 Å². The molecule has 1 N–H and O–H groups in total. The summed E-state index contributed by atoms with van der Waals surface area (Å²) in [7, 11) is 3.93. The summed E-state index contributed by atoms with van der Waals surface area (Å²) >= 11 is 0. The van der Waals surface area contributed by atoms with Crippen molar-refractivity contribution < 1.29 is 4.74 Å². The first kappa shape index (κ1) is 14.0. The van der Waals surface area contributed by atoms with Crippen LogP contribution in [0.5, 0.6) is 0 Å². The topological polar surface area (TPSA) is 21.3 Å². The summed E-state index contributed by atoms with van der Waals surface area (Å²) in [6.45, 7) is 4.55. The highest BCUT2D eigenvalue weighted by Gasteiger charge is 2.31. The van der Waals surface area contributed by atoms with Crippen molar-refractivity contribution in [2.24, 2.45) is 11.8 Å². The Morgan fingerprint density at radius 3 is 2.56 bits per heavy atom. The summed E-state index contributed by atoms with van der Waals surface area (Å²) < 4.78 is 5.61. The first-order valence-corrected chi connectivity index (χ1v) is 6.96. The molecule has 0 spiro atoms. The van der Waals surface area contributed by atoms with Crippen molar-refractivity contribution >= 4 is 0 Å². The van der Waals surface area contributed by atoms with Gasteiger partial charge in [0.05, 0.1) is 6.10 Å². The molecule has 16 heavy (non-hydrogen) atoms. The lowest BCUT2D eigenvalue weighted by molar-refractivity contribution is 0.0338. The van der Waals surface area contributed by atoms with Gasteiger partial charge in [-0.15, -0.1) is 0 Å². The van der Waals surface area contributed by atoms with Crippen molar-refractivity contribution in [3.05, 3.63) is 0 Å². The van der Waals surface area contributed by atoms with Crippen LogP contribution < -0.4 is 5.32 Å². The van der Waals surface area contributed by atoms with Crippen LogP contribution in [-0.2, 0) is 4.74 Å². The van der Waals surface area contributed by atoms with Gasteiger partial charge in [-0.1, -0.05) is 33.1 Å². The second kappa shape index (κ2) is 7.29. The zero-order valence-electron chi connectivity index (χ0n) is 11.5. The van der Waals surface area contributed by atoms with Crippen molar-refractivity contribution in [2.75, 3.05) is 14.2 Å². The molecule has 0 heterocycles. The van der Waals surface area contributed by atoms with Gasteiger partial charge in [-0.3, -0.25) is 0 Å². The smallest absolute Gasteiger partial charge is 0.0724 e. The molecule has 0 radical (unpaired) electrons. The Morgan fingerprint density at radius 1 is 1.31 bits per heavy atom. The molecule has 0 saturated heterocycles.